The van der Waals surface area contributed by atoms with Crippen LogP contribution in [0.1, 0.15) is 45.4 Å². The van der Waals surface area contributed by atoms with Crippen LogP contribution in [0.5, 0.6) is 0 Å². The quantitative estimate of drug-likeness (QED) is 0.747. The van der Waals surface area contributed by atoms with Crippen LogP contribution in [-0.4, -0.2) is 25.1 Å². The largest absolute Gasteiger partial charge is 0.317 e. The maximum atomic E-state index is 3.56. The molecule has 0 amide bonds. The molecule has 1 nitrogen and oxygen atoms in total. The molecule has 2 heteroatoms. The molecule has 0 saturated heterocycles. The van der Waals surface area contributed by atoms with Crippen molar-refractivity contribution >= 4 is 11.8 Å². The molecule has 1 N–H and O–H groups in total. The Hall–Kier alpha value is 0.310. The molecule has 1 saturated carbocycles. The molecule has 0 heterocycles. The normalized spacial score (nSPS) is 29.0. The summed E-state index contributed by atoms with van der Waals surface area (Å²) in [4.78, 5) is 0. The molecule has 3 unspecified atom stereocenters. The zero-order valence-electron chi connectivity index (χ0n) is 10.6. The third kappa shape index (κ3) is 3.99. The number of thioether (sulfide) groups is 1. The monoisotopic (exact) mass is 229 g/mol. The molecule has 1 rings (SSSR count). The van der Waals surface area contributed by atoms with Gasteiger partial charge in [-0.25, -0.2) is 0 Å². The van der Waals surface area contributed by atoms with Crippen molar-refractivity contribution in [2.24, 2.45) is 11.8 Å². The predicted molar refractivity (Wildman–Crippen MR) is 71.6 cm³/mol. The van der Waals surface area contributed by atoms with Crippen LogP contribution in [-0.2, 0) is 0 Å². The Morgan fingerprint density at radius 3 is 2.67 bits per heavy atom. The molecule has 15 heavy (non-hydrogen) atoms. The summed E-state index contributed by atoms with van der Waals surface area (Å²) in [6.45, 7) is 2.37. The van der Waals surface area contributed by atoms with E-state index in [0.717, 1.165) is 17.9 Å². The van der Waals surface area contributed by atoms with Crippen LogP contribution in [0, 0.1) is 11.8 Å². The van der Waals surface area contributed by atoms with Crippen molar-refractivity contribution in [2.75, 3.05) is 19.1 Å². The van der Waals surface area contributed by atoms with Gasteiger partial charge in [-0.3, -0.25) is 0 Å². The van der Waals surface area contributed by atoms with Gasteiger partial charge in [-0.15, -0.1) is 0 Å². The Morgan fingerprint density at radius 1 is 1.33 bits per heavy atom. The van der Waals surface area contributed by atoms with E-state index in [9.17, 15) is 0 Å². The Morgan fingerprint density at radius 2 is 2.07 bits per heavy atom. The van der Waals surface area contributed by atoms with Crippen molar-refractivity contribution < 1.29 is 0 Å². The van der Waals surface area contributed by atoms with Crippen molar-refractivity contribution in [2.45, 2.75) is 51.5 Å². The van der Waals surface area contributed by atoms with Crippen LogP contribution in [0.2, 0.25) is 0 Å². The summed E-state index contributed by atoms with van der Waals surface area (Å²) >= 11 is 1.98. The third-order valence-corrected chi connectivity index (χ3v) is 4.66. The number of hydrogen-bond acceptors (Lipinski definition) is 2. The summed E-state index contributed by atoms with van der Waals surface area (Å²) < 4.78 is 0. The minimum absolute atomic E-state index is 0.766. The number of nitrogens with one attached hydrogen (secondary N) is 1. The van der Waals surface area contributed by atoms with Crippen molar-refractivity contribution in [1.29, 1.82) is 0 Å². The van der Waals surface area contributed by atoms with Crippen LogP contribution < -0.4 is 5.32 Å². The lowest BCUT2D eigenvalue weighted by molar-refractivity contribution is 0.177. The lowest BCUT2D eigenvalue weighted by atomic mass is 9.73. The molecule has 1 aliphatic carbocycles. The first-order valence-corrected chi connectivity index (χ1v) is 7.89. The predicted octanol–water partition coefficient (Wildman–Crippen LogP) is 3.54. The van der Waals surface area contributed by atoms with Gasteiger partial charge in [0.25, 0.3) is 0 Å². The molecule has 0 aliphatic heterocycles. The first-order chi connectivity index (χ1) is 7.33. The van der Waals surface area contributed by atoms with Crippen molar-refractivity contribution in [3.8, 4) is 0 Å². The van der Waals surface area contributed by atoms with Gasteiger partial charge in [-0.2, -0.15) is 11.8 Å². The van der Waals surface area contributed by atoms with Gasteiger partial charge in [0.15, 0.2) is 0 Å². The molecule has 1 aliphatic rings. The van der Waals surface area contributed by atoms with Gasteiger partial charge in [0.1, 0.15) is 0 Å². The van der Waals surface area contributed by atoms with Gasteiger partial charge in [0.2, 0.25) is 0 Å². The van der Waals surface area contributed by atoms with Gasteiger partial charge >= 0.3 is 0 Å². The first kappa shape index (κ1) is 13.4. The van der Waals surface area contributed by atoms with Crippen LogP contribution in [0.4, 0.5) is 0 Å². The molecule has 3 atom stereocenters. The molecule has 0 aromatic carbocycles. The molecular weight excluding hydrogens is 202 g/mol. The van der Waals surface area contributed by atoms with Crippen molar-refractivity contribution in [3.63, 3.8) is 0 Å². The summed E-state index contributed by atoms with van der Waals surface area (Å²) in [5.74, 6) is 3.23. The molecule has 0 aromatic rings. The second kappa shape index (κ2) is 7.56. The Bertz CT molecular complexity index is 161. The zero-order chi connectivity index (χ0) is 11.1. The van der Waals surface area contributed by atoms with Gasteiger partial charge in [-0.05, 0) is 43.7 Å². The number of rotatable bonds is 6. The topological polar surface area (TPSA) is 12.0 Å². The average molecular weight is 229 g/mol. The van der Waals surface area contributed by atoms with E-state index in [1.54, 1.807) is 0 Å². The molecule has 0 spiro atoms. The van der Waals surface area contributed by atoms with Crippen LogP contribution >= 0.6 is 11.8 Å². The minimum Gasteiger partial charge on any atom is -0.317 e. The van der Waals surface area contributed by atoms with Gasteiger partial charge in [0, 0.05) is 6.04 Å². The Kier molecular flexibility index (Phi) is 6.74. The van der Waals surface area contributed by atoms with E-state index in [4.69, 9.17) is 0 Å². The highest BCUT2D eigenvalue weighted by atomic mass is 32.2. The number of hydrogen-bond donors (Lipinski definition) is 1. The summed E-state index contributed by atoms with van der Waals surface area (Å²) in [6, 6.07) is 0.766. The summed E-state index contributed by atoms with van der Waals surface area (Å²) in [7, 11) is 2.15. The first-order valence-electron chi connectivity index (χ1n) is 6.49. The highest BCUT2D eigenvalue weighted by Crippen LogP contribution is 2.35. The summed E-state index contributed by atoms with van der Waals surface area (Å²) in [6.07, 6.45) is 10.8. The minimum atomic E-state index is 0.766. The van der Waals surface area contributed by atoms with E-state index in [1.807, 2.05) is 11.8 Å². The van der Waals surface area contributed by atoms with E-state index < -0.39 is 0 Å². The summed E-state index contributed by atoms with van der Waals surface area (Å²) in [5.41, 5.74) is 0. The van der Waals surface area contributed by atoms with E-state index in [1.165, 1.54) is 44.3 Å². The lowest BCUT2D eigenvalue weighted by Crippen LogP contribution is -2.39. The fraction of sp³-hybridized carbons (Fsp3) is 1.00. The SMILES string of the molecule is CCC1CCCCC1C(CCSC)NC. The average Bonchev–Trinajstić information content (AvgIpc) is 2.30. The highest BCUT2D eigenvalue weighted by Gasteiger charge is 2.29. The standard InChI is InChI=1S/C13H27NS/c1-4-11-7-5-6-8-12(11)13(14-2)9-10-15-3/h11-14H,4-10H2,1-3H3. The molecule has 90 valence electrons. The summed E-state index contributed by atoms with van der Waals surface area (Å²) in [5, 5.41) is 3.56. The van der Waals surface area contributed by atoms with Crippen LogP contribution in [0.15, 0.2) is 0 Å². The van der Waals surface area contributed by atoms with Gasteiger partial charge < -0.3 is 5.32 Å². The smallest absolute Gasteiger partial charge is 0.0103 e. The molecule has 0 radical (unpaired) electrons. The van der Waals surface area contributed by atoms with E-state index in [2.05, 4.69) is 25.5 Å². The molecule has 0 bridgehead atoms. The third-order valence-electron chi connectivity index (χ3n) is 4.01. The fourth-order valence-corrected chi connectivity index (χ4v) is 3.58. The fourth-order valence-electron chi connectivity index (χ4n) is 3.09. The van der Waals surface area contributed by atoms with E-state index in [-0.39, 0.29) is 0 Å². The highest BCUT2D eigenvalue weighted by molar-refractivity contribution is 7.98. The van der Waals surface area contributed by atoms with Crippen molar-refractivity contribution in [1.82, 2.24) is 5.32 Å². The maximum Gasteiger partial charge on any atom is 0.0103 e. The van der Waals surface area contributed by atoms with Gasteiger partial charge in [0.05, 0.1) is 0 Å². The van der Waals surface area contributed by atoms with Crippen LogP contribution in [0.25, 0.3) is 0 Å². The molecule has 0 aromatic heterocycles. The van der Waals surface area contributed by atoms with Gasteiger partial charge in [-0.1, -0.05) is 32.6 Å². The van der Waals surface area contributed by atoms with E-state index in [0.29, 0.717) is 0 Å². The molecular formula is C13H27NS. The second-order valence-corrected chi connectivity index (χ2v) is 5.78. The Balaban J connectivity index is 2.47. The van der Waals surface area contributed by atoms with Crippen LogP contribution in [0.3, 0.4) is 0 Å². The van der Waals surface area contributed by atoms with E-state index >= 15 is 0 Å². The second-order valence-electron chi connectivity index (χ2n) is 4.79. The van der Waals surface area contributed by atoms with Crippen molar-refractivity contribution in [3.05, 3.63) is 0 Å². The molecule has 1 fully saturated rings. The zero-order valence-corrected chi connectivity index (χ0v) is 11.4. The maximum absolute atomic E-state index is 3.56. The Labute approximate surface area is 99.8 Å². The lowest BCUT2D eigenvalue weighted by Gasteiger charge is -2.36.